The third kappa shape index (κ3) is 3.43. The van der Waals surface area contributed by atoms with E-state index in [0.29, 0.717) is 5.01 Å². The van der Waals surface area contributed by atoms with Gasteiger partial charge in [-0.15, -0.1) is 11.3 Å². The number of rotatable bonds is 5. The predicted molar refractivity (Wildman–Crippen MR) is 83.1 cm³/mol. The van der Waals surface area contributed by atoms with E-state index in [1.54, 1.807) is 18.5 Å². The molecule has 0 saturated carbocycles. The molecule has 1 atom stereocenters. The first-order valence-corrected chi connectivity index (χ1v) is 8.60. The monoisotopic (exact) mass is 345 g/mol. The highest BCUT2D eigenvalue weighted by Gasteiger charge is 2.25. The third-order valence-electron chi connectivity index (χ3n) is 2.67. The minimum absolute atomic E-state index is 0.279. The van der Waals surface area contributed by atoms with Gasteiger partial charge < -0.3 is 5.73 Å². The lowest BCUT2D eigenvalue weighted by Crippen LogP contribution is -2.29. The minimum Gasteiger partial charge on any atom is -0.389 e. The molecule has 21 heavy (non-hydrogen) atoms. The number of nitrogens with two attached hydrogens (primary N) is 1. The number of nitrogens with one attached hydrogen (secondary N) is 1. The van der Waals surface area contributed by atoms with Crippen LogP contribution in [-0.4, -0.2) is 18.4 Å². The first kappa shape index (κ1) is 16.0. The highest BCUT2D eigenvalue weighted by molar-refractivity contribution is 7.89. The minimum atomic E-state index is -3.97. The van der Waals surface area contributed by atoms with Gasteiger partial charge in [-0.1, -0.05) is 18.3 Å². The summed E-state index contributed by atoms with van der Waals surface area (Å²) in [4.78, 5) is 3.45. The Labute approximate surface area is 131 Å². The van der Waals surface area contributed by atoms with Crippen LogP contribution in [0.1, 0.15) is 23.5 Å². The van der Waals surface area contributed by atoms with Gasteiger partial charge in [-0.25, -0.2) is 22.5 Å². The van der Waals surface area contributed by atoms with Gasteiger partial charge in [0.2, 0.25) is 10.0 Å². The summed E-state index contributed by atoms with van der Waals surface area (Å²) in [6.07, 6.45) is 1.58. The summed E-state index contributed by atoms with van der Waals surface area (Å²) in [6, 6.07) is 3.11. The number of hydrogen-bond acceptors (Lipinski definition) is 5. The summed E-state index contributed by atoms with van der Waals surface area (Å²) in [5.41, 5.74) is 5.14. The maximum Gasteiger partial charge on any atom is 0.242 e. The molecule has 0 aliphatic carbocycles. The molecule has 3 N–H and O–H groups in total. The van der Waals surface area contributed by atoms with E-state index >= 15 is 0 Å². The van der Waals surface area contributed by atoms with E-state index in [1.807, 2.05) is 0 Å². The normalized spacial score (nSPS) is 13.0. The van der Waals surface area contributed by atoms with Crippen LogP contribution in [-0.2, 0) is 10.0 Å². The van der Waals surface area contributed by atoms with Crippen molar-refractivity contribution in [1.82, 2.24) is 9.71 Å². The maximum absolute atomic E-state index is 13.8. The fourth-order valence-corrected chi connectivity index (χ4v) is 4.19. The van der Waals surface area contributed by atoms with Crippen molar-refractivity contribution >= 4 is 38.6 Å². The molecule has 1 unspecified atom stereocenters. The summed E-state index contributed by atoms with van der Waals surface area (Å²) < 4.78 is 41.0. The standard InChI is InChI=1S/C12H12FN3O2S3/c1-7(12-15-5-6-20-12)16-21(17,18)9-4-2-3-8(13)10(9)11(14)19/h2-7,16H,1H3,(H2,14,19). The van der Waals surface area contributed by atoms with Crippen molar-refractivity contribution in [3.63, 3.8) is 0 Å². The van der Waals surface area contributed by atoms with Crippen LogP contribution in [0.4, 0.5) is 4.39 Å². The Kier molecular flexibility index (Phi) is 4.67. The topological polar surface area (TPSA) is 85.1 Å². The zero-order valence-corrected chi connectivity index (χ0v) is 13.4. The average molecular weight is 345 g/mol. The van der Waals surface area contributed by atoms with Gasteiger partial charge in [0.1, 0.15) is 15.8 Å². The molecule has 9 heteroatoms. The summed E-state index contributed by atoms with van der Waals surface area (Å²) in [7, 11) is -3.97. The summed E-state index contributed by atoms with van der Waals surface area (Å²) in [5, 5.41) is 2.34. The zero-order chi connectivity index (χ0) is 15.6. The Bertz CT molecular complexity index is 760. The Morgan fingerprint density at radius 2 is 2.24 bits per heavy atom. The Morgan fingerprint density at radius 1 is 1.52 bits per heavy atom. The van der Waals surface area contributed by atoms with Gasteiger partial charge in [-0.3, -0.25) is 0 Å². The number of hydrogen-bond donors (Lipinski definition) is 2. The van der Waals surface area contributed by atoms with Crippen LogP contribution < -0.4 is 10.5 Å². The molecule has 0 bridgehead atoms. The van der Waals surface area contributed by atoms with E-state index in [4.69, 9.17) is 18.0 Å². The molecule has 0 aliphatic rings. The fourth-order valence-electron chi connectivity index (χ4n) is 1.76. The molecule has 0 saturated heterocycles. The van der Waals surface area contributed by atoms with Gasteiger partial charge in [0.15, 0.2) is 0 Å². The van der Waals surface area contributed by atoms with Crippen LogP contribution in [0.5, 0.6) is 0 Å². The van der Waals surface area contributed by atoms with E-state index in [9.17, 15) is 12.8 Å². The fraction of sp³-hybridized carbons (Fsp3) is 0.167. The second-order valence-corrected chi connectivity index (χ2v) is 7.24. The van der Waals surface area contributed by atoms with Crippen molar-refractivity contribution in [2.45, 2.75) is 17.9 Å². The largest absolute Gasteiger partial charge is 0.389 e. The number of thiazole rings is 1. The summed E-state index contributed by atoms with van der Waals surface area (Å²) in [6.45, 7) is 1.65. The van der Waals surface area contributed by atoms with Crippen LogP contribution in [0.25, 0.3) is 0 Å². The van der Waals surface area contributed by atoms with Gasteiger partial charge in [0.05, 0.1) is 16.5 Å². The molecule has 0 spiro atoms. The zero-order valence-electron chi connectivity index (χ0n) is 10.9. The molecule has 5 nitrogen and oxygen atoms in total. The average Bonchev–Trinajstić information content (AvgIpc) is 2.91. The van der Waals surface area contributed by atoms with Gasteiger partial charge >= 0.3 is 0 Å². The first-order valence-electron chi connectivity index (χ1n) is 5.83. The van der Waals surface area contributed by atoms with Crippen LogP contribution in [0.15, 0.2) is 34.7 Å². The number of nitrogens with zero attached hydrogens (tertiary/aromatic N) is 1. The van der Waals surface area contributed by atoms with Crippen molar-refractivity contribution < 1.29 is 12.8 Å². The second kappa shape index (κ2) is 6.14. The van der Waals surface area contributed by atoms with E-state index in [-0.39, 0.29) is 15.4 Å². The first-order chi connectivity index (χ1) is 9.83. The number of halogens is 1. The summed E-state index contributed by atoms with van der Waals surface area (Å²) in [5.74, 6) is -0.771. The van der Waals surface area contributed by atoms with Crippen LogP contribution >= 0.6 is 23.6 Å². The Morgan fingerprint density at radius 3 is 2.81 bits per heavy atom. The molecule has 2 aromatic rings. The number of thiocarbonyl (C=S) groups is 1. The quantitative estimate of drug-likeness (QED) is 0.809. The lowest BCUT2D eigenvalue weighted by Gasteiger charge is -2.14. The molecular weight excluding hydrogens is 333 g/mol. The second-order valence-electron chi connectivity index (χ2n) is 4.19. The SMILES string of the molecule is CC(NS(=O)(=O)c1cccc(F)c1C(N)=S)c1nccs1. The van der Waals surface area contributed by atoms with Gasteiger partial charge in [0.25, 0.3) is 0 Å². The van der Waals surface area contributed by atoms with Crippen LogP contribution in [0.3, 0.4) is 0 Å². The van der Waals surface area contributed by atoms with Crippen molar-refractivity contribution in [3.05, 3.63) is 46.2 Å². The third-order valence-corrected chi connectivity index (χ3v) is 5.41. The van der Waals surface area contributed by atoms with Crippen molar-refractivity contribution in [1.29, 1.82) is 0 Å². The molecular formula is C12H12FN3O2S3. The molecule has 1 aromatic carbocycles. The highest BCUT2D eigenvalue weighted by atomic mass is 32.2. The van der Waals surface area contributed by atoms with E-state index in [2.05, 4.69) is 9.71 Å². The number of benzene rings is 1. The Balaban J connectivity index is 2.41. The van der Waals surface area contributed by atoms with Crippen molar-refractivity contribution in [3.8, 4) is 0 Å². The molecule has 0 fully saturated rings. The molecule has 0 aliphatic heterocycles. The molecule has 1 aromatic heterocycles. The summed E-state index contributed by atoms with van der Waals surface area (Å²) >= 11 is 6.05. The van der Waals surface area contributed by atoms with Crippen LogP contribution in [0.2, 0.25) is 0 Å². The van der Waals surface area contributed by atoms with Gasteiger partial charge in [0, 0.05) is 11.6 Å². The Hall–Kier alpha value is -1.42. The van der Waals surface area contributed by atoms with Gasteiger partial charge in [-0.2, -0.15) is 0 Å². The van der Waals surface area contributed by atoms with E-state index in [0.717, 1.165) is 6.07 Å². The molecule has 112 valence electrons. The number of sulfonamides is 1. The van der Waals surface area contributed by atoms with Gasteiger partial charge in [-0.05, 0) is 19.1 Å². The maximum atomic E-state index is 13.8. The highest BCUT2D eigenvalue weighted by Crippen LogP contribution is 2.22. The van der Waals surface area contributed by atoms with Crippen LogP contribution in [0, 0.1) is 5.82 Å². The molecule has 2 rings (SSSR count). The lowest BCUT2D eigenvalue weighted by molar-refractivity contribution is 0.563. The van der Waals surface area contributed by atoms with E-state index < -0.39 is 21.9 Å². The molecule has 0 amide bonds. The molecule has 0 radical (unpaired) electrons. The van der Waals surface area contributed by atoms with Crippen molar-refractivity contribution in [2.75, 3.05) is 0 Å². The lowest BCUT2D eigenvalue weighted by atomic mass is 10.2. The smallest absolute Gasteiger partial charge is 0.242 e. The van der Waals surface area contributed by atoms with E-state index in [1.165, 1.54) is 23.5 Å². The predicted octanol–water partition coefficient (Wildman–Crippen LogP) is 1.96. The number of aromatic nitrogens is 1. The molecule has 1 heterocycles. The van der Waals surface area contributed by atoms with Crippen molar-refractivity contribution in [2.24, 2.45) is 5.73 Å².